The average molecular weight is 318 g/mol. The van der Waals surface area contributed by atoms with Crippen LogP contribution in [0.3, 0.4) is 0 Å². The number of hydrogen-bond donors (Lipinski definition) is 0. The van der Waals surface area contributed by atoms with Gasteiger partial charge in [0.05, 0.1) is 36.4 Å². The molecule has 23 heavy (non-hydrogen) atoms. The van der Waals surface area contributed by atoms with Gasteiger partial charge in [-0.15, -0.1) is 0 Å². The molecule has 2 rings (SSSR count). The van der Waals surface area contributed by atoms with Gasteiger partial charge in [-0.2, -0.15) is 0 Å². The molecular weight excluding hydrogens is 304 g/mol. The summed E-state index contributed by atoms with van der Waals surface area (Å²) in [5.74, 6) is 0. The Hall–Kier alpha value is -2.80. The van der Waals surface area contributed by atoms with Crippen molar-refractivity contribution in [3.63, 3.8) is 0 Å². The first kappa shape index (κ1) is 16.6. The van der Waals surface area contributed by atoms with Gasteiger partial charge in [0.15, 0.2) is 0 Å². The molecule has 4 atom stereocenters. The van der Waals surface area contributed by atoms with E-state index in [4.69, 9.17) is 26.9 Å². The molecule has 0 aromatic carbocycles. The summed E-state index contributed by atoms with van der Waals surface area (Å²) >= 11 is 0. The minimum absolute atomic E-state index is 0.477. The van der Waals surface area contributed by atoms with Gasteiger partial charge in [-0.1, -0.05) is 20.5 Å². The van der Waals surface area contributed by atoms with Crippen LogP contribution in [0.4, 0.5) is 0 Å². The van der Waals surface area contributed by atoms with Crippen molar-refractivity contribution in [3.8, 4) is 0 Å². The Kier molecular flexibility index (Phi) is 5.76. The topological polar surface area (TPSA) is 204 Å². The summed E-state index contributed by atoms with van der Waals surface area (Å²) in [6, 6.07) is -1.91. The van der Waals surface area contributed by atoms with Crippen LogP contribution in [0.15, 0.2) is 20.5 Å². The van der Waals surface area contributed by atoms with Crippen molar-refractivity contribution in [1.82, 2.24) is 0 Å². The largest absolute Gasteiger partial charge is 0.373 e. The van der Waals surface area contributed by atoms with Crippen LogP contribution in [0.2, 0.25) is 0 Å². The summed E-state index contributed by atoms with van der Waals surface area (Å²) in [7, 11) is 0. The second-order valence-corrected chi connectivity index (χ2v) is 5.31. The van der Waals surface area contributed by atoms with Gasteiger partial charge in [-0.3, -0.25) is 0 Å². The number of nitrogens with zero attached hydrogens (tertiary/aromatic N) is 12. The summed E-state index contributed by atoms with van der Waals surface area (Å²) in [5, 5.41) is 14.7. The van der Waals surface area contributed by atoms with Gasteiger partial charge >= 0.3 is 0 Å². The molecule has 0 amide bonds. The summed E-state index contributed by atoms with van der Waals surface area (Å²) in [6.07, 6.45) is 0.871. The van der Waals surface area contributed by atoms with E-state index in [1.807, 2.05) is 0 Å². The van der Waals surface area contributed by atoms with Gasteiger partial charge in [0.1, 0.15) is 0 Å². The monoisotopic (exact) mass is 318 g/mol. The third kappa shape index (κ3) is 3.70. The highest BCUT2D eigenvalue weighted by Crippen LogP contribution is 2.35. The summed E-state index contributed by atoms with van der Waals surface area (Å²) in [5.41, 5.74) is 34.6. The molecule has 2 fully saturated rings. The molecule has 2 aliphatic rings. The van der Waals surface area contributed by atoms with E-state index in [2.05, 4.69) is 40.1 Å². The van der Waals surface area contributed by atoms with Crippen LogP contribution in [-0.4, -0.2) is 36.4 Å². The van der Waals surface area contributed by atoms with E-state index in [1.165, 1.54) is 0 Å². The lowest BCUT2D eigenvalue weighted by Crippen LogP contribution is -2.40. The summed E-state index contributed by atoms with van der Waals surface area (Å²) in [6.45, 7) is 0. The normalized spacial score (nSPS) is 35.3. The number of rotatable bonds is 6. The predicted octanol–water partition coefficient (Wildman–Crippen LogP) is 4.04. The smallest absolute Gasteiger partial charge is 0.0748 e. The Morgan fingerprint density at radius 3 is 1.04 bits per heavy atom. The van der Waals surface area contributed by atoms with Crippen LogP contribution in [0.5, 0.6) is 0 Å². The minimum atomic E-state index is -0.627. The lowest BCUT2D eigenvalue weighted by molar-refractivity contribution is -0.0325. The van der Waals surface area contributed by atoms with Crippen LogP contribution in [0.1, 0.15) is 25.7 Å². The molecule has 0 aromatic rings. The maximum Gasteiger partial charge on any atom is 0.0748 e. The van der Waals surface area contributed by atoms with E-state index in [-0.39, 0.29) is 0 Å². The molecule has 4 unspecified atom stereocenters. The molecule has 13 nitrogen and oxygen atoms in total. The fraction of sp³-hybridized carbons (Fsp3) is 1.00. The number of hydrogen-bond acceptors (Lipinski definition) is 5. The Bertz CT molecular complexity index is 518. The molecule has 120 valence electrons. The van der Waals surface area contributed by atoms with Crippen LogP contribution < -0.4 is 0 Å². The van der Waals surface area contributed by atoms with Crippen molar-refractivity contribution in [2.24, 2.45) is 20.5 Å². The van der Waals surface area contributed by atoms with E-state index in [1.54, 1.807) is 0 Å². The van der Waals surface area contributed by atoms with Crippen molar-refractivity contribution in [2.45, 2.75) is 62.1 Å². The van der Waals surface area contributed by atoms with Crippen molar-refractivity contribution in [1.29, 1.82) is 0 Å². The van der Waals surface area contributed by atoms with E-state index in [9.17, 15) is 0 Å². The molecule has 0 spiro atoms. The molecule has 0 saturated heterocycles. The second kappa shape index (κ2) is 8.00. The quantitative estimate of drug-likeness (QED) is 0.396. The van der Waals surface area contributed by atoms with Crippen molar-refractivity contribution in [2.75, 3.05) is 0 Å². The molecule has 2 saturated carbocycles. The van der Waals surface area contributed by atoms with E-state index in [0.29, 0.717) is 25.7 Å². The first-order valence-corrected chi connectivity index (χ1v) is 7.07. The van der Waals surface area contributed by atoms with Gasteiger partial charge in [0, 0.05) is 19.6 Å². The third-order valence-electron chi connectivity index (χ3n) is 4.15. The highest BCUT2D eigenvalue weighted by molar-refractivity contribution is 5.01. The first-order valence-electron chi connectivity index (χ1n) is 7.07. The number of ether oxygens (including phenoxy) is 1. The molecule has 0 N–H and O–H groups in total. The van der Waals surface area contributed by atoms with Gasteiger partial charge in [-0.25, -0.2) is 0 Å². The van der Waals surface area contributed by atoms with Crippen LogP contribution in [0.25, 0.3) is 41.8 Å². The molecule has 0 radical (unpaired) electrons. The Morgan fingerprint density at radius 2 is 0.826 bits per heavy atom. The fourth-order valence-electron chi connectivity index (χ4n) is 3.16. The van der Waals surface area contributed by atoms with Crippen LogP contribution in [0, 0.1) is 0 Å². The van der Waals surface area contributed by atoms with Gasteiger partial charge < -0.3 is 4.74 Å². The lowest BCUT2D eigenvalue weighted by Gasteiger charge is -2.28. The lowest BCUT2D eigenvalue weighted by atomic mass is 10.1. The summed E-state index contributed by atoms with van der Waals surface area (Å²) in [4.78, 5) is 11.2. The van der Waals surface area contributed by atoms with Gasteiger partial charge in [0.2, 0.25) is 0 Å². The maximum atomic E-state index is 8.66. The highest BCUT2D eigenvalue weighted by Gasteiger charge is 2.43. The van der Waals surface area contributed by atoms with E-state index >= 15 is 0 Å². The van der Waals surface area contributed by atoms with Gasteiger partial charge in [-0.05, 0) is 47.8 Å². The Labute approximate surface area is 130 Å². The van der Waals surface area contributed by atoms with E-state index < -0.39 is 36.4 Å². The number of azide groups is 4. The average Bonchev–Trinajstić information content (AvgIpc) is 3.08. The minimum Gasteiger partial charge on any atom is -0.373 e. The zero-order valence-corrected chi connectivity index (χ0v) is 12.1. The predicted molar refractivity (Wildman–Crippen MR) is 78.9 cm³/mol. The molecule has 0 heterocycles. The maximum absolute atomic E-state index is 8.66. The molecule has 13 heteroatoms. The molecule has 0 aromatic heterocycles. The Balaban J connectivity index is 2.25. The molecule has 0 aliphatic heterocycles. The Morgan fingerprint density at radius 1 is 0.565 bits per heavy atom. The van der Waals surface area contributed by atoms with Gasteiger partial charge in [0.25, 0.3) is 0 Å². The first-order chi connectivity index (χ1) is 11.2. The SMILES string of the molecule is [N-]=[N+]=NC1CCC(N=[N+]=[N-])C1OC1C(N=[N+]=[N-])CCC1N=[N+]=[N-]. The zero-order valence-electron chi connectivity index (χ0n) is 12.1. The van der Waals surface area contributed by atoms with Crippen molar-refractivity contribution >= 4 is 0 Å². The molecule has 0 bridgehead atoms. The zero-order chi connectivity index (χ0) is 16.7. The van der Waals surface area contributed by atoms with Crippen LogP contribution >= 0.6 is 0 Å². The van der Waals surface area contributed by atoms with Crippen molar-refractivity contribution < 1.29 is 4.74 Å². The van der Waals surface area contributed by atoms with E-state index in [0.717, 1.165) is 0 Å². The fourth-order valence-corrected chi connectivity index (χ4v) is 3.16. The second-order valence-electron chi connectivity index (χ2n) is 5.31. The summed E-state index contributed by atoms with van der Waals surface area (Å²) < 4.78 is 5.97. The van der Waals surface area contributed by atoms with Crippen molar-refractivity contribution in [3.05, 3.63) is 41.8 Å². The van der Waals surface area contributed by atoms with Crippen LogP contribution in [-0.2, 0) is 4.74 Å². The third-order valence-corrected chi connectivity index (χ3v) is 4.15. The standard InChI is InChI=1S/C10H14N12O/c11-19-15-5-1-2-6(16-20-12)9(5)23-10-7(17-21-13)3-4-8(10)18-22-14/h5-10H,1-4H2. The molecule has 2 aliphatic carbocycles. The molecular formula is C10H14N12O. The highest BCUT2D eigenvalue weighted by atomic mass is 16.5.